The second-order valence-electron chi connectivity index (χ2n) is 2.89. The second-order valence-corrected chi connectivity index (χ2v) is 3.93. The molecule has 0 N–H and O–H groups in total. The first-order valence-corrected chi connectivity index (χ1v) is 5.29. The van der Waals surface area contributed by atoms with Gasteiger partial charge in [0.2, 0.25) is 0 Å². The molecule has 0 bridgehead atoms. The monoisotopic (exact) mass is 250 g/mol. The lowest BCUT2D eigenvalue weighted by atomic mass is 10.1. The molecule has 6 heteroatoms. The van der Waals surface area contributed by atoms with Crippen molar-refractivity contribution >= 4 is 17.5 Å². The van der Waals surface area contributed by atoms with Crippen LogP contribution < -0.4 is 4.74 Å². The van der Waals surface area contributed by atoms with Crippen molar-refractivity contribution in [2.45, 2.75) is 5.51 Å². The van der Waals surface area contributed by atoms with E-state index >= 15 is 0 Å². The van der Waals surface area contributed by atoms with Gasteiger partial charge in [0.25, 0.3) is 0 Å². The maximum absolute atomic E-state index is 11.9. The highest BCUT2D eigenvalue weighted by atomic mass is 32.2. The minimum Gasteiger partial charge on any atom is -0.497 e. The summed E-state index contributed by atoms with van der Waals surface area (Å²) in [7, 11) is 1.42. The summed E-state index contributed by atoms with van der Waals surface area (Å²) < 4.78 is 40.5. The normalized spacial score (nSPS) is 11.2. The minimum atomic E-state index is -4.38. The summed E-state index contributed by atoms with van der Waals surface area (Å²) in [6, 6.07) is 6.05. The van der Waals surface area contributed by atoms with Crippen LogP contribution >= 0.6 is 11.8 Å². The standard InChI is InChI=1S/C10H9F3O2S/c1-15-8-4-2-3-7(5-8)9(14)6-16-10(11,12)13/h2-5H,6H2,1H3. The lowest BCUT2D eigenvalue weighted by molar-refractivity contribution is -0.0327. The van der Waals surface area contributed by atoms with Gasteiger partial charge in [-0.25, -0.2) is 0 Å². The highest BCUT2D eigenvalue weighted by Gasteiger charge is 2.29. The van der Waals surface area contributed by atoms with E-state index in [0.717, 1.165) is 0 Å². The number of alkyl halides is 3. The predicted molar refractivity (Wildman–Crippen MR) is 55.8 cm³/mol. The third-order valence-electron chi connectivity index (χ3n) is 1.76. The highest BCUT2D eigenvalue weighted by molar-refractivity contribution is 8.00. The molecule has 1 aromatic carbocycles. The van der Waals surface area contributed by atoms with Gasteiger partial charge in [0.05, 0.1) is 12.9 Å². The van der Waals surface area contributed by atoms with Crippen molar-refractivity contribution in [3.05, 3.63) is 29.8 Å². The molecule has 0 heterocycles. The fraction of sp³-hybridized carbons (Fsp3) is 0.300. The van der Waals surface area contributed by atoms with Crippen LogP contribution in [-0.2, 0) is 0 Å². The Morgan fingerprint density at radius 2 is 2.12 bits per heavy atom. The molecule has 0 aliphatic carbocycles. The van der Waals surface area contributed by atoms with Crippen LogP contribution in [0.25, 0.3) is 0 Å². The van der Waals surface area contributed by atoms with Gasteiger partial charge in [-0.15, -0.1) is 0 Å². The van der Waals surface area contributed by atoms with Crippen molar-refractivity contribution in [3.8, 4) is 5.75 Å². The Morgan fingerprint density at radius 3 is 2.69 bits per heavy atom. The minimum absolute atomic E-state index is 0.219. The molecule has 88 valence electrons. The van der Waals surface area contributed by atoms with Gasteiger partial charge in [0.1, 0.15) is 5.75 Å². The van der Waals surface area contributed by atoms with E-state index in [1.807, 2.05) is 0 Å². The quantitative estimate of drug-likeness (QED) is 0.768. The summed E-state index contributed by atoms with van der Waals surface area (Å²) in [4.78, 5) is 11.4. The molecule has 0 saturated carbocycles. The second kappa shape index (κ2) is 5.25. The fourth-order valence-corrected chi connectivity index (χ4v) is 1.49. The van der Waals surface area contributed by atoms with E-state index in [4.69, 9.17) is 4.74 Å². The first-order valence-electron chi connectivity index (χ1n) is 4.30. The van der Waals surface area contributed by atoms with E-state index in [1.54, 1.807) is 12.1 Å². The molecule has 0 spiro atoms. The zero-order valence-electron chi connectivity index (χ0n) is 8.38. The van der Waals surface area contributed by atoms with Crippen molar-refractivity contribution in [1.82, 2.24) is 0 Å². The molecule has 0 saturated heterocycles. The van der Waals surface area contributed by atoms with E-state index in [-0.39, 0.29) is 17.3 Å². The number of carbonyl (C=O) groups is 1. The first kappa shape index (κ1) is 12.9. The van der Waals surface area contributed by atoms with Gasteiger partial charge < -0.3 is 4.74 Å². The summed E-state index contributed by atoms with van der Waals surface area (Å²) in [5.41, 5.74) is -4.16. The van der Waals surface area contributed by atoms with Crippen LogP contribution in [-0.4, -0.2) is 24.2 Å². The third-order valence-corrected chi connectivity index (χ3v) is 2.49. The van der Waals surface area contributed by atoms with E-state index in [1.165, 1.54) is 19.2 Å². The Labute approximate surface area is 94.8 Å². The predicted octanol–water partition coefficient (Wildman–Crippen LogP) is 3.13. The van der Waals surface area contributed by atoms with Crippen molar-refractivity contribution in [2.24, 2.45) is 0 Å². The average Bonchev–Trinajstić information content (AvgIpc) is 2.25. The number of rotatable bonds is 4. The van der Waals surface area contributed by atoms with Crippen LogP contribution in [0.4, 0.5) is 13.2 Å². The fourth-order valence-electron chi connectivity index (χ4n) is 1.03. The lowest BCUT2D eigenvalue weighted by Gasteiger charge is -2.05. The molecular weight excluding hydrogens is 241 g/mol. The summed E-state index contributed by atoms with van der Waals surface area (Å²) >= 11 is -0.340. The number of ether oxygens (including phenoxy) is 1. The molecule has 0 radical (unpaired) electrons. The molecule has 0 aromatic heterocycles. The SMILES string of the molecule is COc1cccc(C(=O)CSC(F)(F)F)c1. The van der Waals surface area contributed by atoms with E-state index < -0.39 is 17.0 Å². The number of Topliss-reactive ketones (excluding diaryl/α,β-unsaturated/α-hetero) is 1. The van der Waals surface area contributed by atoms with Gasteiger partial charge in [0.15, 0.2) is 5.78 Å². The van der Waals surface area contributed by atoms with E-state index in [0.29, 0.717) is 5.75 Å². The van der Waals surface area contributed by atoms with Crippen molar-refractivity contribution < 1.29 is 22.7 Å². The van der Waals surface area contributed by atoms with Gasteiger partial charge in [-0.3, -0.25) is 4.79 Å². The molecule has 0 atom stereocenters. The number of benzene rings is 1. The molecule has 0 unspecified atom stereocenters. The maximum Gasteiger partial charge on any atom is 0.442 e. The van der Waals surface area contributed by atoms with Gasteiger partial charge in [-0.05, 0) is 23.9 Å². The molecule has 0 amide bonds. The van der Waals surface area contributed by atoms with Crippen molar-refractivity contribution in [1.29, 1.82) is 0 Å². The van der Waals surface area contributed by atoms with Gasteiger partial charge >= 0.3 is 5.51 Å². The number of ketones is 1. The zero-order valence-corrected chi connectivity index (χ0v) is 9.19. The lowest BCUT2D eigenvalue weighted by Crippen LogP contribution is -2.09. The first-order chi connectivity index (χ1) is 7.42. The zero-order chi connectivity index (χ0) is 12.2. The Kier molecular flexibility index (Phi) is 4.23. The number of hydrogen-bond acceptors (Lipinski definition) is 3. The van der Waals surface area contributed by atoms with Crippen LogP contribution in [0.2, 0.25) is 0 Å². The summed E-state index contributed by atoms with van der Waals surface area (Å²) in [5, 5.41) is 0. The third kappa shape index (κ3) is 4.14. The molecule has 0 aliphatic rings. The Hall–Kier alpha value is -1.17. The number of methoxy groups -OCH3 is 1. The van der Waals surface area contributed by atoms with Crippen LogP contribution in [0.15, 0.2) is 24.3 Å². The largest absolute Gasteiger partial charge is 0.497 e. The van der Waals surface area contributed by atoms with Crippen LogP contribution in [0.3, 0.4) is 0 Å². The van der Waals surface area contributed by atoms with Crippen molar-refractivity contribution in [2.75, 3.05) is 12.9 Å². The Balaban J connectivity index is 2.66. The average molecular weight is 250 g/mol. The molecule has 2 nitrogen and oxygen atoms in total. The number of carbonyl (C=O) groups excluding carboxylic acids is 1. The summed E-state index contributed by atoms with van der Waals surface area (Å²) in [6.07, 6.45) is 0. The van der Waals surface area contributed by atoms with Crippen molar-refractivity contribution in [3.63, 3.8) is 0 Å². The molecule has 0 aliphatic heterocycles. The number of hydrogen-bond donors (Lipinski definition) is 0. The van der Waals surface area contributed by atoms with Gasteiger partial charge in [-0.1, -0.05) is 12.1 Å². The van der Waals surface area contributed by atoms with Crippen LogP contribution in [0, 0.1) is 0 Å². The topological polar surface area (TPSA) is 26.3 Å². The number of halogens is 3. The van der Waals surface area contributed by atoms with Gasteiger partial charge in [0, 0.05) is 5.56 Å². The molecule has 1 aromatic rings. The van der Waals surface area contributed by atoms with Gasteiger partial charge in [-0.2, -0.15) is 13.2 Å². The highest BCUT2D eigenvalue weighted by Crippen LogP contribution is 2.30. The molecular formula is C10H9F3O2S. The van der Waals surface area contributed by atoms with Crippen LogP contribution in [0.5, 0.6) is 5.75 Å². The Morgan fingerprint density at radius 1 is 1.44 bits per heavy atom. The van der Waals surface area contributed by atoms with Crippen LogP contribution in [0.1, 0.15) is 10.4 Å². The maximum atomic E-state index is 11.9. The van der Waals surface area contributed by atoms with E-state index in [9.17, 15) is 18.0 Å². The summed E-state index contributed by atoms with van der Waals surface area (Å²) in [5.74, 6) is -0.736. The molecule has 1 rings (SSSR count). The Bertz CT molecular complexity index is 377. The van der Waals surface area contributed by atoms with E-state index in [2.05, 4.69) is 0 Å². The number of thioether (sulfide) groups is 1. The summed E-state index contributed by atoms with van der Waals surface area (Å²) in [6.45, 7) is 0. The molecule has 16 heavy (non-hydrogen) atoms. The molecule has 0 fully saturated rings. The smallest absolute Gasteiger partial charge is 0.442 e.